The van der Waals surface area contributed by atoms with E-state index in [0.29, 0.717) is 22.4 Å². The Hall–Kier alpha value is -3.34. The van der Waals surface area contributed by atoms with Gasteiger partial charge in [-0.15, -0.1) is 0 Å². The van der Waals surface area contributed by atoms with Crippen LogP contribution >= 0.6 is 0 Å². The van der Waals surface area contributed by atoms with Crippen molar-refractivity contribution in [2.45, 2.75) is 13.8 Å². The third-order valence-electron chi connectivity index (χ3n) is 4.68. The summed E-state index contributed by atoms with van der Waals surface area (Å²) in [4.78, 5) is 16.7. The molecular weight excluding hydrogens is 328 g/mol. The fraction of sp³-hybridized carbons (Fsp3) is 0.143. The van der Waals surface area contributed by atoms with Crippen molar-refractivity contribution < 1.29 is 14.3 Å². The summed E-state index contributed by atoms with van der Waals surface area (Å²) in [6, 6.07) is 13.2. The average Bonchev–Trinajstić information content (AvgIpc) is 3.02. The van der Waals surface area contributed by atoms with E-state index in [1.807, 2.05) is 57.3 Å². The van der Waals surface area contributed by atoms with Crippen LogP contribution in [0, 0.1) is 13.8 Å². The summed E-state index contributed by atoms with van der Waals surface area (Å²) >= 11 is 0. The zero-order chi connectivity index (χ0) is 18.4. The Bertz CT molecular complexity index is 1180. The van der Waals surface area contributed by atoms with Gasteiger partial charge in [0, 0.05) is 17.8 Å². The molecule has 0 aliphatic heterocycles. The first-order valence-electron chi connectivity index (χ1n) is 8.35. The van der Waals surface area contributed by atoms with Crippen LogP contribution in [0.4, 0.5) is 5.69 Å². The van der Waals surface area contributed by atoms with Gasteiger partial charge in [0.15, 0.2) is 5.76 Å². The Labute approximate surface area is 150 Å². The molecule has 0 bridgehead atoms. The van der Waals surface area contributed by atoms with Crippen LogP contribution in [0.5, 0.6) is 0 Å². The molecule has 2 N–H and O–H groups in total. The maximum Gasteiger partial charge on any atom is 0.336 e. The highest BCUT2D eigenvalue weighted by Gasteiger charge is 2.21. The molecular formula is C21H18N2O3. The molecule has 0 unspecified atom stereocenters. The number of benzene rings is 2. The van der Waals surface area contributed by atoms with Crippen molar-refractivity contribution in [3.63, 3.8) is 0 Å². The second-order valence-corrected chi connectivity index (χ2v) is 6.34. The summed E-state index contributed by atoms with van der Waals surface area (Å²) in [6.45, 7) is 3.83. The standard InChI is InChI=1S/C21H18N2O3/c1-11-8-9-12(2)18-17(11)14(21(24)25)10-15(23-18)20-19(22-3)13-6-4-5-7-16(13)26-20/h4-10,22H,1-3H3,(H,24,25). The van der Waals surface area contributed by atoms with Crippen LogP contribution in [0.2, 0.25) is 0 Å². The smallest absolute Gasteiger partial charge is 0.336 e. The Morgan fingerprint density at radius 2 is 1.85 bits per heavy atom. The Balaban J connectivity index is 2.11. The number of carboxylic acids is 1. The first kappa shape index (κ1) is 16.1. The quantitative estimate of drug-likeness (QED) is 0.546. The third kappa shape index (κ3) is 2.32. The number of nitrogens with one attached hydrogen (secondary N) is 1. The Morgan fingerprint density at radius 1 is 1.12 bits per heavy atom. The highest BCUT2D eigenvalue weighted by atomic mass is 16.4. The molecule has 5 nitrogen and oxygen atoms in total. The van der Waals surface area contributed by atoms with Crippen molar-refractivity contribution >= 4 is 33.5 Å². The van der Waals surface area contributed by atoms with Gasteiger partial charge in [0.05, 0.1) is 16.8 Å². The van der Waals surface area contributed by atoms with Crippen molar-refractivity contribution in [1.82, 2.24) is 4.98 Å². The molecule has 130 valence electrons. The molecule has 4 rings (SSSR count). The van der Waals surface area contributed by atoms with Gasteiger partial charge < -0.3 is 14.8 Å². The van der Waals surface area contributed by atoms with Crippen molar-refractivity contribution in [2.24, 2.45) is 0 Å². The van der Waals surface area contributed by atoms with Crippen molar-refractivity contribution in [2.75, 3.05) is 12.4 Å². The molecule has 4 aromatic rings. The maximum absolute atomic E-state index is 11.9. The van der Waals surface area contributed by atoms with Gasteiger partial charge in [-0.05, 0) is 43.2 Å². The molecule has 5 heteroatoms. The fourth-order valence-electron chi connectivity index (χ4n) is 3.40. The number of nitrogens with zero attached hydrogens (tertiary/aromatic N) is 1. The van der Waals surface area contributed by atoms with E-state index in [1.165, 1.54) is 0 Å². The number of fused-ring (bicyclic) bond motifs is 2. The molecule has 0 spiro atoms. The van der Waals surface area contributed by atoms with E-state index < -0.39 is 5.97 Å². The molecule has 0 amide bonds. The van der Waals surface area contributed by atoms with Crippen LogP contribution < -0.4 is 5.32 Å². The van der Waals surface area contributed by atoms with Crippen LogP contribution in [0.15, 0.2) is 46.9 Å². The summed E-state index contributed by atoms with van der Waals surface area (Å²) in [5, 5.41) is 14.5. The van der Waals surface area contributed by atoms with E-state index in [-0.39, 0.29) is 5.56 Å². The topological polar surface area (TPSA) is 75.4 Å². The van der Waals surface area contributed by atoms with Crippen LogP contribution in [0.3, 0.4) is 0 Å². The first-order chi connectivity index (χ1) is 12.5. The normalized spacial score (nSPS) is 11.2. The molecule has 0 aliphatic rings. The second-order valence-electron chi connectivity index (χ2n) is 6.34. The lowest BCUT2D eigenvalue weighted by molar-refractivity contribution is 0.0699. The SMILES string of the molecule is CNc1c(-c2cc(C(=O)O)c3c(C)ccc(C)c3n2)oc2ccccc12. The number of furan rings is 1. The summed E-state index contributed by atoms with van der Waals surface area (Å²) in [7, 11) is 1.81. The van der Waals surface area contributed by atoms with Gasteiger partial charge in [-0.1, -0.05) is 24.3 Å². The largest absolute Gasteiger partial charge is 0.478 e. The van der Waals surface area contributed by atoms with Gasteiger partial charge in [0.2, 0.25) is 0 Å². The molecule has 0 aliphatic carbocycles. The second kappa shape index (κ2) is 5.88. The van der Waals surface area contributed by atoms with Gasteiger partial charge in [-0.25, -0.2) is 9.78 Å². The number of para-hydroxylation sites is 1. The van der Waals surface area contributed by atoms with E-state index >= 15 is 0 Å². The lowest BCUT2D eigenvalue weighted by Crippen LogP contribution is -2.03. The summed E-state index contributed by atoms with van der Waals surface area (Å²) < 4.78 is 6.01. The van der Waals surface area contributed by atoms with Gasteiger partial charge in [-0.3, -0.25) is 0 Å². The maximum atomic E-state index is 11.9. The third-order valence-corrected chi connectivity index (χ3v) is 4.68. The predicted molar refractivity (Wildman–Crippen MR) is 103 cm³/mol. The number of anilines is 1. The molecule has 0 atom stereocenters. The molecule has 0 saturated carbocycles. The van der Waals surface area contributed by atoms with Gasteiger partial charge in [0.1, 0.15) is 11.3 Å². The number of rotatable bonds is 3. The molecule has 2 heterocycles. The Morgan fingerprint density at radius 3 is 2.58 bits per heavy atom. The lowest BCUT2D eigenvalue weighted by atomic mass is 9.99. The lowest BCUT2D eigenvalue weighted by Gasteiger charge is -2.11. The number of hydrogen-bond acceptors (Lipinski definition) is 4. The van der Waals surface area contributed by atoms with Gasteiger partial charge in [-0.2, -0.15) is 0 Å². The van der Waals surface area contributed by atoms with Crippen molar-refractivity contribution in [3.05, 3.63) is 59.2 Å². The minimum absolute atomic E-state index is 0.230. The highest BCUT2D eigenvalue weighted by Crippen LogP contribution is 2.38. The minimum atomic E-state index is -0.977. The zero-order valence-corrected chi connectivity index (χ0v) is 14.8. The number of pyridine rings is 1. The van der Waals surface area contributed by atoms with Gasteiger partial charge >= 0.3 is 5.97 Å². The monoisotopic (exact) mass is 346 g/mol. The number of hydrogen-bond donors (Lipinski definition) is 2. The molecule has 0 radical (unpaired) electrons. The fourth-order valence-corrected chi connectivity index (χ4v) is 3.40. The van der Waals surface area contributed by atoms with E-state index in [1.54, 1.807) is 6.07 Å². The number of aromatic carboxylic acids is 1. The molecule has 26 heavy (non-hydrogen) atoms. The van der Waals surface area contributed by atoms with Crippen LogP contribution in [-0.2, 0) is 0 Å². The van der Waals surface area contributed by atoms with Crippen molar-refractivity contribution in [3.8, 4) is 11.5 Å². The van der Waals surface area contributed by atoms with Crippen molar-refractivity contribution in [1.29, 1.82) is 0 Å². The minimum Gasteiger partial charge on any atom is -0.478 e. The van der Waals surface area contributed by atoms with E-state index in [4.69, 9.17) is 9.40 Å². The summed E-state index contributed by atoms with van der Waals surface area (Å²) in [5.41, 5.74) is 4.76. The van der Waals surface area contributed by atoms with Crippen LogP contribution in [0.25, 0.3) is 33.3 Å². The number of carboxylic acid groups (broad SMARTS) is 1. The predicted octanol–water partition coefficient (Wildman–Crippen LogP) is 5.00. The Kier molecular flexibility index (Phi) is 3.65. The van der Waals surface area contributed by atoms with Crippen LogP contribution in [0.1, 0.15) is 21.5 Å². The first-order valence-corrected chi connectivity index (χ1v) is 8.35. The molecule has 0 fully saturated rings. The number of carbonyl (C=O) groups is 1. The molecule has 0 saturated heterocycles. The highest BCUT2D eigenvalue weighted by molar-refractivity contribution is 6.07. The van der Waals surface area contributed by atoms with E-state index in [9.17, 15) is 9.90 Å². The number of aromatic nitrogens is 1. The van der Waals surface area contributed by atoms with E-state index in [0.717, 1.165) is 27.8 Å². The number of aryl methyl sites for hydroxylation is 2. The van der Waals surface area contributed by atoms with Gasteiger partial charge in [0.25, 0.3) is 0 Å². The van der Waals surface area contributed by atoms with Crippen LogP contribution in [-0.4, -0.2) is 23.1 Å². The van der Waals surface area contributed by atoms with E-state index in [2.05, 4.69) is 5.32 Å². The molecule has 2 aromatic heterocycles. The average molecular weight is 346 g/mol. The molecule has 2 aromatic carbocycles. The summed E-state index contributed by atoms with van der Waals surface area (Å²) in [6.07, 6.45) is 0. The zero-order valence-electron chi connectivity index (χ0n) is 14.8. The summed E-state index contributed by atoms with van der Waals surface area (Å²) in [5.74, 6) is -0.437.